The summed E-state index contributed by atoms with van der Waals surface area (Å²) in [6.07, 6.45) is 2.12. The predicted octanol–water partition coefficient (Wildman–Crippen LogP) is 2.15. The van der Waals surface area contributed by atoms with Crippen LogP contribution in [-0.2, 0) is 16.4 Å². The van der Waals surface area contributed by atoms with Crippen molar-refractivity contribution in [3.05, 3.63) is 48.4 Å². The number of benzene rings is 1. The van der Waals surface area contributed by atoms with Gasteiger partial charge in [-0.3, -0.25) is 0 Å². The number of ether oxygens (including phenoxy) is 1. The minimum Gasteiger partial charge on any atom is -0.497 e. The first-order chi connectivity index (χ1) is 9.54. The van der Waals surface area contributed by atoms with Gasteiger partial charge in [0.05, 0.1) is 18.3 Å². The van der Waals surface area contributed by atoms with Crippen molar-refractivity contribution < 1.29 is 17.6 Å². The molecule has 0 spiro atoms. The van der Waals surface area contributed by atoms with Crippen molar-refractivity contribution in [1.29, 1.82) is 0 Å². The van der Waals surface area contributed by atoms with E-state index in [2.05, 4.69) is 0 Å². The summed E-state index contributed by atoms with van der Waals surface area (Å²) < 4.78 is 36.2. The first kappa shape index (κ1) is 14.6. The van der Waals surface area contributed by atoms with E-state index in [1.54, 1.807) is 38.6 Å². The van der Waals surface area contributed by atoms with Crippen LogP contribution >= 0.6 is 0 Å². The summed E-state index contributed by atoms with van der Waals surface area (Å²) in [5, 5.41) is 0. The van der Waals surface area contributed by atoms with Crippen molar-refractivity contribution in [3.63, 3.8) is 0 Å². The lowest BCUT2D eigenvalue weighted by atomic mass is 10.3. The number of sulfonamides is 1. The second kappa shape index (κ2) is 6.11. The van der Waals surface area contributed by atoms with E-state index in [1.165, 1.54) is 16.4 Å². The van der Waals surface area contributed by atoms with Crippen LogP contribution in [0, 0.1) is 0 Å². The van der Waals surface area contributed by atoms with Gasteiger partial charge in [0.25, 0.3) is 0 Å². The van der Waals surface area contributed by atoms with Crippen LogP contribution in [0.15, 0.2) is 52.0 Å². The largest absolute Gasteiger partial charge is 0.497 e. The Labute approximate surface area is 118 Å². The molecule has 0 aliphatic carbocycles. The van der Waals surface area contributed by atoms with Gasteiger partial charge in [0.2, 0.25) is 10.0 Å². The molecular weight excluding hydrogens is 278 g/mol. The SMILES string of the molecule is COc1ccc(S(=O)(=O)N(C)CCc2ccco2)cc1. The maximum Gasteiger partial charge on any atom is 0.242 e. The molecule has 0 unspecified atom stereocenters. The Hall–Kier alpha value is -1.79. The lowest BCUT2D eigenvalue weighted by Gasteiger charge is -2.16. The van der Waals surface area contributed by atoms with Gasteiger partial charge >= 0.3 is 0 Å². The highest BCUT2D eigenvalue weighted by Crippen LogP contribution is 2.18. The highest BCUT2D eigenvalue weighted by Gasteiger charge is 2.20. The van der Waals surface area contributed by atoms with Gasteiger partial charge in [-0.15, -0.1) is 0 Å². The minimum atomic E-state index is -3.48. The Morgan fingerprint density at radius 2 is 1.90 bits per heavy atom. The number of likely N-dealkylation sites (N-methyl/N-ethyl adjacent to an activating group) is 1. The topological polar surface area (TPSA) is 59.8 Å². The fraction of sp³-hybridized carbons (Fsp3) is 0.286. The molecule has 0 amide bonds. The summed E-state index contributed by atoms with van der Waals surface area (Å²) >= 11 is 0. The van der Waals surface area contributed by atoms with Crippen LogP contribution in [0.3, 0.4) is 0 Å². The smallest absolute Gasteiger partial charge is 0.242 e. The Bertz CT molecular complexity index is 632. The second-order valence-electron chi connectivity index (χ2n) is 4.33. The summed E-state index contributed by atoms with van der Waals surface area (Å²) in [4.78, 5) is 0.250. The van der Waals surface area contributed by atoms with Gasteiger partial charge in [0, 0.05) is 20.0 Å². The molecule has 0 fully saturated rings. The first-order valence-corrected chi connectivity index (χ1v) is 7.61. The van der Waals surface area contributed by atoms with E-state index < -0.39 is 10.0 Å². The highest BCUT2D eigenvalue weighted by molar-refractivity contribution is 7.89. The predicted molar refractivity (Wildman–Crippen MR) is 75.2 cm³/mol. The summed E-state index contributed by atoms with van der Waals surface area (Å²) in [6, 6.07) is 9.96. The first-order valence-electron chi connectivity index (χ1n) is 6.17. The van der Waals surface area contributed by atoms with Crippen LogP contribution in [0.25, 0.3) is 0 Å². The van der Waals surface area contributed by atoms with Gasteiger partial charge in [-0.2, -0.15) is 0 Å². The zero-order valence-corrected chi connectivity index (χ0v) is 12.3. The minimum absolute atomic E-state index is 0.250. The molecule has 0 atom stereocenters. The van der Waals surface area contributed by atoms with Crippen LogP contribution in [-0.4, -0.2) is 33.4 Å². The van der Waals surface area contributed by atoms with Crippen molar-refractivity contribution in [2.24, 2.45) is 0 Å². The average Bonchev–Trinajstić information content (AvgIpc) is 2.98. The second-order valence-corrected chi connectivity index (χ2v) is 6.38. The molecule has 0 bridgehead atoms. The number of hydrogen-bond acceptors (Lipinski definition) is 4. The third-order valence-electron chi connectivity index (χ3n) is 3.02. The normalized spacial score (nSPS) is 11.8. The van der Waals surface area contributed by atoms with Crippen LogP contribution in [0.1, 0.15) is 5.76 Å². The van der Waals surface area contributed by atoms with Crippen molar-refractivity contribution >= 4 is 10.0 Å². The fourth-order valence-corrected chi connectivity index (χ4v) is 2.94. The molecule has 6 heteroatoms. The number of furan rings is 1. The molecular formula is C14H17NO4S. The van der Waals surface area contributed by atoms with Crippen molar-refractivity contribution in [2.45, 2.75) is 11.3 Å². The van der Waals surface area contributed by atoms with Gasteiger partial charge < -0.3 is 9.15 Å². The van der Waals surface area contributed by atoms with Gasteiger partial charge in [0.1, 0.15) is 11.5 Å². The third-order valence-corrected chi connectivity index (χ3v) is 4.89. The molecule has 1 aromatic carbocycles. The maximum absolute atomic E-state index is 12.3. The molecule has 0 aliphatic heterocycles. The lowest BCUT2D eigenvalue weighted by Crippen LogP contribution is -2.28. The van der Waals surface area contributed by atoms with E-state index in [1.807, 2.05) is 6.07 Å². The molecule has 2 rings (SSSR count). The lowest BCUT2D eigenvalue weighted by molar-refractivity contribution is 0.414. The van der Waals surface area contributed by atoms with Crippen molar-refractivity contribution in [3.8, 4) is 5.75 Å². The molecule has 0 saturated heterocycles. The zero-order valence-electron chi connectivity index (χ0n) is 11.4. The van der Waals surface area contributed by atoms with Gasteiger partial charge in [0.15, 0.2) is 0 Å². The van der Waals surface area contributed by atoms with Gasteiger partial charge in [-0.25, -0.2) is 12.7 Å². The van der Waals surface area contributed by atoms with E-state index >= 15 is 0 Å². The quantitative estimate of drug-likeness (QED) is 0.819. The van der Waals surface area contributed by atoms with E-state index in [0.29, 0.717) is 18.7 Å². The Morgan fingerprint density at radius 3 is 2.45 bits per heavy atom. The summed E-state index contributed by atoms with van der Waals surface area (Å²) in [5.74, 6) is 1.39. The monoisotopic (exact) mass is 295 g/mol. The molecule has 20 heavy (non-hydrogen) atoms. The Kier molecular flexibility index (Phi) is 4.46. The fourth-order valence-electron chi connectivity index (χ4n) is 1.77. The zero-order chi connectivity index (χ0) is 14.6. The maximum atomic E-state index is 12.3. The standard InChI is InChI=1S/C14H17NO4S/c1-15(10-9-13-4-3-11-19-13)20(16,17)14-7-5-12(18-2)6-8-14/h3-8,11H,9-10H2,1-2H3. The molecule has 1 aromatic heterocycles. The Morgan fingerprint density at radius 1 is 1.20 bits per heavy atom. The molecule has 0 saturated carbocycles. The molecule has 0 N–H and O–H groups in total. The van der Waals surface area contributed by atoms with Crippen LogP contribution < -0.4 is 4.74 Å². The van der Waals surface area contributed by atoms with Crippen LogP contribution in [0.4, 0.5) is 0 Å². The summed E-state index contributed by atoms with van der Waals surface area (Å²) in [6.45, 7) is 0.363. The molecule has 2 aromatic rings. The van der Waals surface area contributed by atoms with Crippen molar-refractivity contribution in [2.75, 3.05) is 20.7 Å². The molecule has 0 aliphatic rings. The summed E-state index contributed by atoms with van der Waals surface area (Å²) in [5.41, 5.74) is 0. The summed E-state index contributed by atoms with van der Waals surface area (Å²) in [7, 11) is -0.382. The van der Waals surface area contributed by atoms with Crippen LogP contribution in [0.5, 0.6) is 5.75 Å². The van der Waals surface area contributed by atoms with E-state index in [4.69, 9.17) is 9.15 Å². The molecule has 1 heterocycles. The van der Waals surface area contributed by atoms with Crippen LogP contribution in [0.2, 0.25) is 0 Å². The van der Waals surface area contributed by atoms with E-state index in [9.17, 15) is 8.42 Å². The van der Waals surface area contributed by atoms with Gasteiger partial charge in [-0.05, 0) is 36.4 Å². The Balaban J connectivity index is 2.07. The van der Waals surface area contributed by atoms with Crippen molar-refractivity contribution in [1.82, 2.24) is 4.31 Å². The van der Waals surface area contributed by atoms with Gasteiger partial charge in [-0.1, -0.05) is 0 Å². The van der Waals surface area contributed by atoms with E-state index in [0.717, 1.165) is 5.76 Å². The molecule has 108 valence electrons. The number of methoxy groups -OCH3 is 1. The molecule has 5 nitrogen and oxygen atoms in total. The highest BCUT2D eigenvalue weighted by atomic mass is 32.2. The average molecular weight is 295 g/mol. The number of hydrogen-bond donors (Lipinski definition) is 0. The van der Waals surface area contributed by atoms with E-state index in [-0.39, 0.29) is 4.90 Å². The number of nitrogens with zero attached hydrogens (tertiary/aromatic N) is 1. The third kappa shape index (κ3) is 3.20. The number of rotatable bonds is 6. The molecule has 0 radical (unpaired) electrons.